The minimum Gasteiger partial charge on any atom is -0.493 e. The number of hydrogen-bond donors (Lipinski definition) is 2. The third-order valence-corrected chi connectivity index (χ3v) is 6.13. The topological polar surface area (TPSA) is 81.3 Å². The van der Waals surface area contributed by atoms with Crippen LogP contribution in [0.4, 0.5) is 0 Å². The number of nitrogens with one attached hydrogen (secondary N) is 2. The molecule has 0 saturated heterocycles. The first-order valence-corrected chi connectivity index (χ1v) is 11.0. The van der Waals surface area contributed by atoms with E-state index in [0.29, 0.717) is 53.3 Å². The molecule has 2 N–H and O–H groups in total. The maximum Gasteiger partial charge on any atom is 0.251 e. The molecule has 0 bridgehead atoms. The van der Waals surface area contributed by atoms with Crippen molar-refractivity contribution in [2.75, 3.05) is 40.6 Å². The van der Waals surface area contributed by atoms with Gasteiger partial charge in [0.2, 0.25) is 6.79 Å². The molecule has 0 spiro atoms. The Morgan fingerprint density at radius 2 is 1.94 bits per heavy atom. The summed E-state index contributed by atoms with van der Waals surface area (Å²) in [5.41, 5.74) is 2.67. The molecule has 0 fully saturated rings. The first-order chi connectivity index (χ1) is 16.0. The number of benzene rings is 2. The van der Waals surface area contributed by atoms with Crippen LogP contribution in [0.15, 0.2) is 43.0 Å². The minimum atomic E-state index is -0.203. The number of methoxy groups -OCH3 is 2. The molecule has 2 aromatic carbocycles. The van der Waals surface area contributed by atoms with Crippen LogP contribution >= 0.6 is 12.2 Å². The van der Waals surface area contributed by atoms with Crippen LogP contribution in [0.5, 0.6) is 23.0 Å². The summed E-state index contributed by atoms with van der Waals surface area (Å²) in [4.78, 5) is 15.0. The number of amides is 1. The highest BCUT2D eigenvalue weighted by molar-refractivity contribution is 7.80. The highest BCUT2D eigenvalue weighted by atomic mass is 32.1. The van der Waals surface area contributed by atoms with E-state index in [4.69, 9.17) is 31.2 Å². The van der Waals surface area contributed by atoms with Crippen LogP contribution in [0.3, 0.4) is 0 Å². The van der Waals surface area contributed by atoms with Gasteiger partial charge >= 0.3 is 0 Å². The highest BCUT2D eigenvalue weighted by Crippen LogP contribution is 2.38. The quantitative estimate of drug-likeness (QED) is 0.473. The fraction of sp³-hybridized carbons (Fsp3) is 0.333. The second kappa shape index (κ2) is 9.99. The van der Waals surface area contributed by atoms with Gasteiger partial charge in [-0.05, 0) is 60.1 Å². The number of thiocarbonyl (C=S) groups is 1. The molecule has 2 aromatic rings. The summed E-state index contributed by atoms with van der Waals surface area (Å²) in [6, 6.07) is 8.93. The second-order valence-electron chi connectivity index (χ2n) is 7.62. The summed E-state index contributed by atoms with van der Waals surface area (Å²) in [7, 11) is 3.23. The zero-order chi connectivity index (χ0) is 23.4. The van der Waals surface area contributed by atoms with Crippen LogP contribution < -0.4 is 29.6 Å². The molecule has 0 aromatic heterocycles. The Morgan fingerprint density at radius 3 is 2.70 bits per heavy atom. The van der Waals surface area contributed by atoms with Crippen molar-refractivity contribution in [1.29, 1.82) is 0 Å². The standard InChI is InChI=1S/C24H27N3O5S/c1-4-8-25-24(33)27-9-7-15-10-20(29-2)21(30-3)12-17(15)18(27)13-26-23(28)16-5-6-19-22(11-16)32-14-31-19/h4-6,10-12,18H,1,7-9,13-14H2,2-3H3,(H,25,33)(H,26,28). The van der Waals surface area contributed by atoms with Crippen molar-refractivity contribution in [2.24, 2.45) is 0 Å². The number of rotatable bonds is 7. The normalized spacial score (nSPS) is 15.9. The Kier molecular flexibility index (Phi) is 6.88. The SMILES string of the molecule is C=CCNC(=S)N1CCc2cc(OC)c(OC)cc2C1CNC(=O)c1ccc2c(c1)OCO2. The van der Waals surface area contributed by atoms with Gasteiger partial charge in [0.25, 0.3) is 5.91 Å². The highest BCUT2D eigenvalue weighted by Gasteiger charge is 2.31. The molecule has 2 heterocycles. The van der Waals surface area contributed by atoms with E-state index in [0.717, 1.165) is 17.5 Å². The van der Waals surface area contributed by atoms with Crippen LogP contribution in [0.25, 0.3) is 0 Å². The molecule has 4 rings (SSSR count). The lowest BCUT2D eigenvalue weighted by atomic mass is 9.92. The van der Waals surface area contributed by atoms with E-state index in [1.807, 2.05) is 12.1 Å². The molecule has 8 nitrogen and oxygen atoms in total. The summed E-state index contributed by atoms with van der Waals surface area (Å²) in [5, 5.41) is 6.86. The molecular weight excluding hydrogens is 442 g/mol. The average molecular weight is 470 g/mol. The van der Waals surface area contributed by atoms with E-state index >= 15 is 0 Å². The number of carbonyl (C=O) groups is 1. The van der Waals surface area contributed by atoms with Crippen LogP contribution in [-0.4, -0.2) is 56.6 Å². The van der Waals surface area contributed by atoms with Gasteiger partial charge in [-0.25, -0.2) is 0 Å². The zero-order valence-corrected chi connectivity index (χ0v) is 19.5. The van der Waals surface area contributed by atoms with E-state index in [1.165, 1.54) is 0 Å². The predicted octanol–water partition coefficient (Wildman–Crippen LogP) is 2.82. The predicted molar refractivity (Wildman–Crippen MR) is 128 cm³/mol. The van der Waals surface area contributed by atoms with Gasteiger partial charge < -0.3 is 34.5 Å². The smallest absolute Gasteiger partial charge is 0.251 e. The van der Waals surface area contributed by atoms with E-state index in [-0.39, 0.29) is 18.7 Å². The molecule has 2 aliphatic heterocycles. The van der Waals surface area contributed by atoms with Crippen LogP contribution in [0, 0.1) is 0 Å². The average Bonchev–Trinajstić information content (AvgIpc) is 3.32. The monoisotopic (exact) mass is 469 g/mol. The van der Waals surface area contributed by atoms with E-state index in [9.17, 15) is 4.79 Å². The maximum atomic E-state index is 12.9. The lowest BCUT2D eigenvalue weighted by Crippen LogP contribution is -2.49. The summed E-state index contributed by atoms with van der Waals surface area (Å²) in [5.74, 6) is 2.32. The summed E-state index contributed by atoms with van der Waals surface area (Å²) in [6.07, 6.45) is 2.55. The van der Waals surface area contributed by atoms with Crippen molar-refractivity contribution in [3.63, 3.8) is 0 Å². The summed E-state index contributed by atoms with van der Waals surface area (Å²) >= 11 is 5.65. The molecule has 1 atom stereocenters. The van der Waals surface area contributed by atoms with Gasteiger partial charge in [-0.3, -0.25) is 4.79 Å². The minimum absolute atomic E-state index is 0.161. The van der Waals surface area contributed by atoms with Gasteiger partial charge in [-0.2, -0.15) is 0 Å². The molecule has 0 radical (unpaired) electrons. The zero-order valence-electron chi connectivity index (χ0n) is 18.7. The fourth-order valence-corrected chi connectivity index (χ4v) is 4.38. The van der Waals surface area contributed by atoms with E-state index in [1.54, 1.807) is 38.5 Å². The van der Waals surface area contributed by atoms with Gasteiger partial charge in [0.15, 0.2) is 28.1 Å². The molecule has 33 heavy (non-hydrogen) atoms. The van der Waals surface area contributed by atoms with Crippen molar-refractivity contribution in [1.82, 2.24) is 15.5 Å². The van der Waals surface area contributed by atoms with Crippen LogP contribution in [-0.2, 0) is 6.42 Å². The third kappa shape index (κ3) is 4.68. The maximum absolute atomic E-state index is 12.9. The molecule has 9 heteroatoms. The number of hydrogen-bond acceptors (Lipinski definition) is 6. The summed E-state index contributed by atoms with van der Waals surface area (Å²) in [6.45, 7) is 5.52. The first kappa shape index (κ1) is 22.7. The van der Waals surface area contributed by atoms with Crippen molar-refractivity contribution in [3.8, 4) is 23.0 Å². The number of fused-ring (bicyclic) bond motifs is 2. The molecule has 2 aliphatic rings. The fourth-order valence-electron chi connectivity index (χ4n) is 4.08. The molecular formula is C24H27N3O5S. The second-order valence-corrected chi connectivity index (χ2v) is 8.00. The van der Waals surface area contributed by atoms with Gasteiger partial charge in [0.1, 0.15) is 0 Å². The van der Waals surface area contributed by atoms with Crippen molar-refractivity contribution in [2.45, 2.75) is 12.5 Å². The largest absolute Gasteiger partial charge is 0.493 e. The Labute approximate surface area is 198 Å². The van der Waals surface area contributed by atoms with Crippen molar-refractivity contribution in [3.05, 3.63) is 59.7 Å². The van der Waals surface area contributed by atoms with Crippen molar-refractivity contribution >= 4 is 23.2 Å². The van der Waals surface area contributed by atoms with Crippen LogP contribution in [0.1, 0.15) is 27.5 Å². The molecule has 1 unspecified atom stereocenters. The lowest BCUT2D eigenvalue weighted by molar-refractivity contribution is 0.0941. The molecule has 1 amide bonds. The third-order valence-electron chi connectivity index (χ3n) is 5.75. The number of nitrogens with zero attached hydrogens (tertiary/aromatic N) is 1. The van der Waals surface area contributed by atoms with Gasteiger partial charge in [0, 0.05) is 25.2 Å². The Balaban J connectivity index is 1.59. The molecule has 0 aliphatic carbocycles. The Hall–Kier alpha value is -3.46. The Bertz CT molecular complexity index is 1070. The molecule has 0 saturated carbocycles. The van der Waals surface area contributed by atoms with Gasteiger partial charge in [-0.15, -0.1) is 6.58 Å². The van der Waals surface area contributed by atoms with E-state index in [2.05, 4.69) is 22.1 Å². The summed E-state index contributed by atoms with van der Waals surface area (Å²) < 4.78 is 21.7. The lowest BCUT2D eigenvalue weighted by Gasteiger charge is -2.39. The van der Waals surface area contributed by atoms with Crippen molar-refractivity contribution < 1.29 is 23.7 Å². The Morgan fingerprint density at radius 1 is 1.18 bits per heavy atom. The van der Waals surface area contributed by atoms with Crippen LogP contribution in [0.2, 0.25) is 0 Å². The van der Waals surface area contributed by atoms with Gasteiger partial charge in [-0.1, -0.05) is 6.08 Å². The molecule has 174 valence electrons. The first-order valence-electron chi connectivity index (χ1n) is 10.6. The van der Waals surface area contributed by atoms with E-state index < -0.39 is 0 Å². The van der Waals surface area contributed by atoms with Gasteiger partial charge in [0.05, 0.1) is 20.3 Å². The number of ether oxygens (including phenoxy) is 4. The number of carbonyl (C=O) groups excluding carboxylic acids is 1.